The van der Waals surface area contributed by atoms with Crippen LogP contribution in [0.2, 0.25) is 0 Å². The van der Waals surface area contributed by atoms with E-state index in [-0.39, 0.29) is 46.2 Å². The molecule has 0 spiro atoms. The van der Waals surface area contributed by atoms with Crippen molar-refractivity contribution in [3.63, 3.8) is 0 Å². The van der Waals surface area contributed by atoms with Crippen molar-refractivity contribution >= 4 is 53.9 Å². The van der Waals surface area contributed by atoms with Gasteiger partial charge in [-0.15, -0.1) is 15.7 Å². The van der Waals surface area contributed by atoms with Gasteiger partial charge in [0.25, 0.3) is 10.0 Å². The van der Waals surface area contributed by atoms with Gasteiger partial charge in [-0.05, 0) is 35.9 Å². The number of carbonyl (C=O) groups excluding carboxylic acids is 2. The van der Waals surface area contributed by atoms with E-state index in [2.05, 4.69) is 14.4 Å². The summed E-state index contributed by atoms with van der Waals surface area (Å²) in [6, 6.07) is 5.43. The summed E-state index contributed by atoms with van der Waals surface area (Å²) in [5, 5.41) is 4.53. The number of carbonyl (C=O) groups is 2. The Bertz CT molecular complexity index is 1480. The molecule has 1 amide bonds. The van der Waals surface area contributed by atoms with Crippen LogP contribution in [0.1, 0.15) is 30.4 Å². The number of rotatable bonds is 6. The standard InChI is InChI=1S/C22H23FN4O6S3/c1-35(30,31)24-9-13-11-34-21-19(13)36(32,33)26-20(25-21)17-18(28)15-3-2-4-16(15)27(22(17)29)10-12-5-7-14(23)8-6-12/h5-8,11,15-17,24H,2-4,9-10H2,1H3,(H,25,26). The third-order valence-corrected chi connectivity index (χ3v) is 9.82. The van der Waals surface area contributed by atoms with E-state index in [1.807, 2.05) is 0 Å². The molecule has 2 fully saturated rings. The van der Waals surface area contributed by atoms with E-state index in [0.29, 0.717) is 18.4 Å². The first-order chi connectivity index (χ1) is 16.9. The van der Waals surface area contributed by atoms with Crippen LogP contribution in [-0.2, 0) is 42.7 Å². The number of ketones is 1. The molecule has 1 aromatic carbocycles. The zero-order valence-electron chi connectivity index (χ0n) is 19.1. The van der Waals surface area contributed by atoms with Crippen LogP contribution in [0.25, 0.3) is 0 Å². The topological polar surface area (TPSA) is 142 Å². The first-order valence-corrected chi connectivity index (χ1v) is 15.4. The van der Waals surface area contributed by atoms with Crippen molar-refractivity contribution in [2.24, 2.45) is 16.2 Å². The molecular formula is C22H23FN4O6S3. The number of nitrogens with one attached hydrogen (secondary N) is 2. The van der Waals surface area contributed by atoms with Crippen LogP contribution >= 0.6 is 11.3 Å². The highest BCUT2D eigenvalue weighted by atomic mass is 32.2. The van der Waals surface area contributed by atoms with Gasteiger partial charge in [0.15, 0.2) is 11.7 Å². The van der Waals surface area contributed by atoms with E-state index in [4.69, 9.17) is 0 Å². The summed E-state index contributed by atoms with van der Waals surface area (Å²) in [7, 11) is -7.87. The van der Waals surface area contributed by atoms with Gasteiger partial charge in [-0.1, -0.05) is 18.6 Å². The summed E-state index contributed by atoms with van der Waals surface area (Å²) < 4.78 is 68.6. The molecule has 0 radical (unpaired) electrons. The largest absolute Gasteiger partial charge is 0.334 e. The van der Waals surface area contributed by atoms with E-state index >= 15 is 0 Å². The number of thiophene rings is 1. The van der Waals surface area contributed by atoms with Crippen LogP contribution in [0.15, 0.2) is 38.9 Å². The molecule has 5 rings (SSSR count). The summed E-state index contributed by atoms with van der Waals surface area (Å²) in [4.78, 5) is 28.5. The zero-order valence-corrected chi connectivity index (χ0v) is 21.6. The van der Waals surface area contributed by atoms with Gasteiger partial charge >= 0.3 is 0 Å². The Morgan fingerprint density at radius 2 is 1.94 bits per heavy atom. The third-order valence-electron chi connectivity index (χ3n) is 6.66. The van der Waals surface area contributed by atoms with Crippen LogP contribution in [-0.4, -0.2) is 51.6 Å². The smallest absolute Gasteiger partial charge is 0.287 e. The summed E-state index contributed by atoms with van der Waals surface area (Å²) in [5.74, 6) is -3.42. The van der Waals surface area contributed by atoms with Gasteiger partial charge in [-0.2, -0.15) is 8.42 Å². The number of sulfonamides is 2. The molecule has 0 bridgehead atoms. The Morgan fingerprint density at radius 3 is 2.64 bits per heavy atom. The monoisotopic (exact) mass is 554 g/mol. The van der Waals surface area contributed by atoms with Gasteiger partial charge < -0.3 is 10.2 Å². The van der Waals surface area contributed by atoms with Crippen molar-refractivity contribution in [1.82, 2.24) is 9.62 Å². The van der Waals surface area contributed by atoms with Gasteiger partial charge in [-0.3, -0.25) is 9.59 Å². The van der Waals surface area contributed by atoms with Crippen LogP contribution in [0.3, 0.4) is 0 Å². The van der Waals surface area contributed by atoms with Crippen LogP contribution in [0.4, 0.5) is 9.39 Å². The molecule has 192 valence electrons. The Balaban J connectivity index is 1.47. The molecule has 3 unspecified atom stereocenters. The maximum atomic E-state index is 13.6. The van der Waals surface area contributed by atoms with E-state index in [1.165, 1.54) is 17.5 Å². The summed E-state index contributed by atoms with van der Waals surface area (Å²) in [6.45, 7) is -0.0808. The molecule has 2 N–H and O–H groups in total. The van der Waals surface area contributed by atoms with Crippen molar-refractivity contribution in [2.45, 2.75) is 43.3 Å². The minimum absolute atomic E-state index is 0.162. The fraction of sp³-hybridized carbons (Fsp3) is 0.409. The van der Waals surface area contributed by atoms with Gasteiger partial charge in [0.1, 0.15) is 21.5 Å². The number of hydrogen-bond acceptors (Lipinski definition) is 8. The first kappa shape index (κ1) is 25.0. The predicted octanol–water partition coefficient (Wildman–Crippen LogP) is 1.85. The summed E-state index contributed by atoms with van der Waals surface area (Å²) in [6.07, 6.45) is 2.95. The Kier molecular flexibility index (Phi) is 6.25. The van der Waals surface area contributed by atoms with E-state index in [9.17, 15) is 30.8 Å². The number of halogens is 1. The maximum absolute atomic E-state index is 13.6. The van der Waals surface area contributed by atoms with Gasteiger partial charge in [0.2, 0.25) is 15.9 Å². The number of anilines is 1. The number of amides is 1. The number of Topliss-reactive ketones (excluding diaryl/α,β-unsaturated/α-hetero) is 1. The SMILES string of the molecule is CS(=O)(=O)NCc1csc2c1S(=O)(=O)N=C(C1C(=O)C3CCCC3N(Cc3ccc(F)cc3)C1=O)N2. The molecule has 3 aliphatic rings. The van der Waals surface area contributed by atoms with Crippen molar-refractivity contribution in [2.75, 3.05) is 11.6 Å². The lowest BCUT2D eigenvalue weighted by Gasteiger charge is -2.41. The Morgan fingerprint density at radius 1 is 1.22 bits per heavy atom. The number of likely N-dealkylation sites (tertiary alicyclic amines) is 1. The molecule has 10 nitrogen and oxygen atoms in total. The fourth-order valence-electron chi connectivity index (χ4n) is 5.07. The molecule has 1 saturated carbocycles. The van der Waals surface area contributed by atoms with E-state index < -0.39 is 43.6 Å². The summed E-state index contributed by atoms with van der Waals surface area (Å²) >= 11 is 1.02. The quantitative estimate of drug-likeness (QED) is 0.519. The van der Waals surface area contributed by atoms with Gasteiger partial charge in [-0.25, -0.2) is 17.5 Å². The number of fused-ring (bicyclic) bond motifs is 2. The number of piperidine rings is 1. The highest BCUT2D eigenvalue weighted by Gasteiger charge is 2.52. The molecule has 3 heterocycles. The highest BCUT2D eigenvalue weighted by molar-refractivity contribution is 7.91. The van der Waals surface area contributed by atoms with Crippen LogP contribution in [0.5, 0.6) is 0 Å². The van der Waals surface area contributed by atoms with E-state index in [0.717, 1.165) is 24.0 Å². The van der Waals surface area contributed by atoms with Gasteiger partial charge in [0.05, 0.1) is 6.26 Å². The lowest BCUT2D eigenvalue weighted by atomic mass is 9.81. The third kappa shape index (κ3) is 4.58. The van der Waals surface area contributed by atoms with Crippen molar-refractivity contribution < 1.29 is 30.8 Å². The lowest BCUT2D eigenvalue weighted by Crippen LogP contribution is -2.58. The Labute approximate surface area is 211 Å². The normalized spacial score (nSPS) is 25.2. The molecule has 1 saturated heterocycles. The number of nitrogens with zero attached hydrogens (tertiary/aromatic N) is 2. The summed E-state index contributed by atoms with van der Waals surface area (Å²) in [5.41, 5.74) is 0.907. The molecule has 2 aliphatic heterocycles. The highest BCUT2D eigenvalue weighted by Crippen LogP contribution is 2.42. The Hall–Kier alpha value is -2.68. The van der Waals surface area contributed by atoms with Crippen LogP contribution in [0, 0.1) is 17.7 Å². The molecule has 1 aromatic heterocycles. The first-order valence-electron chi connectivity index (χ1n) is 11.2. The molecule has 3 atom stereocenters. The van der Waals surface area contributed by atoms with Crippen molar-refractivity contribution in [3.8, 4) is 0 Å². The molecule has 2 aromatic rings. The average molecular weight is 555 g/mol. The van der Waals surface area contributed by atoms with Crippen LogP contribution < -0.4 is 10.0 Å². The lowest BCUT2D eigenvalue weighted by molar-refractivity contribution is -0.149. The van der Waals surface area contributed by atoms with Crippen molar-refractivity contribution in [1.29, 1.82) is 0 Å². The minimum atomic E-state index is -4.31. The molecule has 1 aliphatic carbocycles. The number of hydrogen-bond donors (Lipinski definition) is 2. The molecular weight excluding hydrogens is 531 g/mol. The minimum Gasteiger partial charge on any atom is -0.334 e. The van der Waals surface area contributed by atoms with Gasteiger partial charge in [0, 0.05) is 30.6 Å². The number of benzene rings is 1. The second-order valence-corrected chi connectivity index (χ2v) is 13.4. The number of amidine groups is 1. The van der Waals surface area contributed by atoms with Crippen molar-refractivity contribution in [3.05, 3.63) is 46.6 Å². The van der Waals surface area contributed by atoms with E-state index in [1.54, 1.807) is 17.0 Å². The fourth-order valence-corrected chi connectivity index (χ4v) is 8.13. The second kappa shape index (κ2) is 9.01. The average Bonchev–Trinajstić information content (AvgIpc) is 3.44. The maximum Gasteiger partial charge on any atom is 0.287 e. The molecule has 36 heavy (non-hydrogen) atoms. The second-order valence-electron chi connectivity index (χ2n) is 9.12. The zero-order chi connectivity index (χ0) is 25.8. The predicted molar refractivity (Wildman–Crippen MR) is 131 cm³/mol. The molecule has 14 heteroatoms.